The number of hydrogen-bond donors (Lipinski definition) is 3. The van der Waals surface area contributed by atoms with Gasteiger partial charge in [-0.2, -0.15) is 0 Å². The van der Waals surface area contributed by atoms with Gasteiger partial charge in [0.05, 0.1) is 12.7 Å². The molecule has 0 aliphatic heterocycles. The topological polar surface area (TPSA) is 121 Å². The minimum Gasteiger partial charge on any atom is -0.466 e. The Balaban J connectivity index is 0.000000392. The Kier molecular flexibility index (Phi) is 8.05. The summed E-state index contributed by atoms with van der Waals surface area (Å²) >= 11 is 0. The van der Waals surface area contributed by atoms with Crippen molar-refractivity contribution in [3.63, 3.8) is 0 Å². The zero-order chi connectivity index (χ0) is 27.1. The Morgan fingerprint density at radius 1 is 1.25 bits per heavy atom. The summed E-state index contributed by atoms with van der Waals surface area (Å²) in [4.78, 5) is 34.5. The smallest absolute Gasteiger partial charge is 0.302 e. The number of carbonyl (C=O) groups is 3. The van der Waals surface area contributed by atoms with Crippen LogP contribution in [-0.2, 0) is 19.1 Å². The molecule has 8 heteroatoms. The van der Waals surface area contributed by atoms with Gasteiger partial charge in [-0.3, -0.25) is 14.4 Å². The van der Waals surface area contributed by atoms with E-state index in [-0.39, 0.29) is 24.1 Å². The summed E-state index contributed by atoms with van der Waals surface area (Å²) in [6, 6.07) is 0. The van der Waals surface area contributed by atoms with E-state index in [0.29, 0.717) is 31.4 Å². The van der Waals surface area contributed by atoms with Crippen molar-refractivity contribution in [1.29, 1.82) is 0 Å². The number of allylic oxidation sites excluding steroid dienone is 4. The fraction of sp³-hybridized carbons (Fsp3) is 0.750. The number of esters is 1. The van der Waals surface area contributed by atoms with Crippen molar-refractivity contribution in [3.05, 3.63) is 23.8 Å². The van der Waals surface area contributed by atoms with E-state index < -0.39 is 52.4 Å². The third-order valence-corrected chi connectivity index (χ3v) is 9.59. The van der Waals surface area contributed by atoms with Gasteiger partial charge in [0.1, 0.15) is 12.2 Å². The van der Waals surface area contributed by atoms with Gasteiger partial charge < -0.3 is 20.1 Å². The number of alkyl halides is 1. The summed E-state index contributed by atoms with van der Waals surface area (Å²) in [6.07, 6.45) is 6.49. The number of hydrogen-bond acceptors (Lipinski definition) is 7. The fourth-order valence-corrected chi connectivity index (χ4v) is 7.62. The van der Waals surface area contributed by atoms with Gasteiger partial charge in [-0.05, 0) is 63.0 Å². The van der Waals surface area contributed by atoms with E-state index in [2.05, 4.69) is 11.7 Å². The van der Waals surface area contributed by atoms with E-state index in [1.165, 1.54) is 19.1 Å². The second kappa shape index (κ2) is 10.1. The summed E-state index contributed by atoms with van der Waals surface area (Å²) in [6.45, 7) is 8.54. The van der Waals surface area contributed by atoms with Crippen LogP contribution < -0.4 is 0 Å². The lowest BCUT2D eigenvalue weighted by Gasteiger charge is -2.62. The second-order valence-electron chi connectivity index (χ2n) is 11.4. The first-order valence-electron chi connectivity index (χ1n) is 13.0. The molecular weight excluding hydrogens is 467 g/mol. The number of unbranched alkanes of at least 4 members (excludes halogenated alkanes) is 1. The average molecular weight is 509 g/mol. The highest BCUT2D eigenvalue weighted by molar-refractivity contribution is 6.01. The molecule has 8 atom stereocenters. The van der Waals surface area contributed by atoms with Crippen LogP contribution >= 0.6 is 0 Å². The van der Waals surface area contributed by atoms with Gasteiger partial charge in [-0.1, -0.05) is 38.8 Å². The van der Waals surface area contributed by atoms with Gasteiger partial charge in [-0.15, -0.1) is 0 Å². The Hall–Kier alpha value is -1.90. The average Bonchev–Trinajstić information content (AvgIpc) is 3.02. The molecule has 0 aromatic heterocycles. The zero-order valence-corrected chi connectivity index (χ0v) is 22.1. The molecule has 202 valence electrons. The van der Waals surface area contributed by atoms with Crippen molar-refractivity contribution in [3.8, 4) is 0 Å². The highest BCUT2D eigenvalue weighted by atomic mass is 19.1. The second-order valence-corrected chi connectivity index (χ2v) is 11.4. The quantitative estimate of drug-likeness (QED) is 0.385. The first-order chi connectivity index (χ1) is 16.7. The molecule has 0 bridgehead atoms. The molecule has 0 spiro atoms. The molecule has 0 heterocycles. The van der Waals surface area contributed by atoms with E-state index in [1.54, 1.807) is 26.8 Å². The molecule has 3 fully saturated rings. The van der Waals surface area contributed by atoms with Crippen LogP contribution in [-0.4, -0.2) is 63.4 Å². The molecule has 4 aliphatic carbocycles. The van der Waals surface area contributed by atoms with Crippen molar-refractivity contribution in [2.45, 2.75) is 90.5 Å². The maximum atomic E-state index is 16.9. The number of ether oxygens (including phenoxy) is 1. The van der Waals surface area contributed by atoms with Gasteiger partial charge in [0.15, 0.2) is 17.2 Å². The number of Topliss-reactive ketones (excluding diaryl/α,β-unsaturated/α-hetero) is 1. The molecule has 4 rings (SSSR count). The molecule has 4 aliphatic rings. The Bertz CT molecular complexity index is 960. The zero-order valence-electron chi connectivity index (χ0n) is 22.1. The maximum absolute atomic E-state index is 16.9. The first-order valence-corrected chi connectivity index (χ1v) is 13.0. The summed E-state index contributed by atoms with van der Waals surface area (Å²) < 4.78 is 21.5. The lowest BCUT2D eigenvalue weighted by atomic mass is 9.44. The molecule has 0 unspecified atom stereocenters. The molecule has 0 aromatic rings. The van der Waals surface area contributed by atoms with Gasteiger partial charge in [0.25, 0.3) is 0 Å². The van der Waals surface area contributed by atoms with Crippen molar-refractivity contribution in [1.82, 2.24) is 0 Å². The number of halogens is 1. The molecule has 36 heavy (non-hydrogen) atoms. The van der Waals surface area contributed by atoms with Crippen LogP contribution in [0.1, 0.15) is 73.1 Å². The monoisotopic (exact) mass is 508 g/mol. The lowest BCUT2D eigenvalue weighted by molar-refractivity contribution is -0.219. The van der Waals surface area contributed by atoms with Crippen LogP contribution in [0.25, 0.3) is 0 Å². The lowest BCUT2D eigenvalue weighted by Crippen LogP contribution is -2.69. The van der Waals surface area contributed by atoms with E-state index in [0.717, 1.165) is 12.8 Å². The summed E-state index contributed by atoms with van der Waals surface area (Å²) in [7, 11) is 0. The minimum absolute atomic E-state index is 0.0676. The third-order valence-electron chi connectivity index (χ3n) is 9.59. The molecule has 0 amide bonds. The van der Waals surface area contributed by atoms with Crippen molar-refractivity contribution < 1.29 is 38.8 Å². The fourth-order valence-electron chi connectivity index (χ4n) is 7.62. The molecule has 7 nitrogen and oxygen atoms in total. The normalized spacial score (nSPS) is 42.8. The maximum Gasteiger partial charge on any atom is 0.302 e. The van der Waals surface area contributed by atoms with Crippen LogP contribution in [0.4, 0.5) is 4.39 Å². The van der Waals surface area contributed by atoms with Crippen LogP contribution in [0, 0.1) is 28.6 Å². The molecule has 0 radical (unpaired) electrons. The van der Waals surface area contributed by atoms with Gasteiger partial charge in [0, 0.05) is 23.7 Å². The standard InChI is InChI=1S/C22H29FO5.C6H12O2/c1-12-8-16-15-5-4-13-9-14(25)6-7-19(13,2)21(15,23)17(26)10-20(16,3)22(12,28)18(27)11-24;1-3-4-5-8-6(2)7/h6-7,9,12,15-17,24,26,28H,4-5,8,10-11H2,1-3H3;3-5H2,1-2H3/t12-,15+,16+,17+,19+,20+,21+,22+;/m1./s1. The first kappa shape index (κ1) is 28.7. The van der Waals surface area contributed by atoms with Gasteiger partial charge in [0.2, 0.25) is 0 Å². The number of carbonyl (C=O) groups excluding carboxylic acids is 3. The molecule has 3 saturated carbocycles. The summed E-state index contributed by atoms with van der Waals surface area (Å²) in [5, 5.41) is 32.0. The summed E-state index contributed by atoms with van der Waals surface area (Å²) in [5.74, 6) is -2.30. The largest absolute Gasteiger partial charge is 0.466 e. The SMILES string of the molecule is CCCCOC(C)=O.C[C@@H]1C[C@H]2[C@@H]3CCC4=CC(=O)C=C[C@]4(C)[C@@]3(F)[C@@H](O)C[C@]2(C)[C@@]1(O)C(=O)CO. The Labute approximate surface area is 212 Å². The van der Waals surface area contributed by atoms with Crippen LogP contribution in [0.2, 0.25) is 0 Å². The van der Waals surface area contributed by atoms with Crippen LogP contribution in [0.3, 0.4) is 0 Å². The number of fused-ring (bicyclic) bond motifs is 5. The third kappa shape index (κ3) is 4.09. The van der Waals surface area contributed by atoms with E-state index in [4.69, 9.17) is 0 Å². The number of aliphatic hydroxyl groups excluding tert-OH is 2. The Morgan fingerprint density at radius 2 is 1.92 bits per heavy atom. The predicted molar refractivity (Wildman–Crippen MR) is 131 cm³/mol. The number of rotatable bonds is 5. The minimum atomic E-state index is -1.98. The molecular formula is C28H41FO7. The van der Waals surface area contributed by atoms with E-state index in [9.17, 15) is 29.7 Å². The van der Waals surface area contributed by atoms with Crippen LogP contribution in [0.5, 0.6) is 0 Å². The summed E-state index contributed by atoms with van der Waals surface area (Å²) in [5.41, 5.74) is -5.17. The van der Waals surface area contributed by atoms with Crippen molar-refractivity contribution >= 4 is 17.5 Å². The van der Waals surface area contributed by atoms with Crippen LogP contribution in [0.15, 0.2) is 23.8 Å². The predicted octanol–water partition coefficient (Wildman–Crippen LogP) is 3.25. The van der Waals surface area contributed by atoms with Gasteiger partial charge >= 0.3 is 5.97 Å². The highest BCUT2D eigenvalue weighted by Crippen LogP contribution is 2.70. The van der Waals surface area contributed by atoms with Crippen molar-refractivity contribution in [2.75, 3.05) is 13.2 Å². The Morgan fingerprint density at radius 3 is 2.50 bits per heavy atom. The van der Waals surface area contributed by atoms with E-state index in [1.807, 2.05) is 0 Å². The number of aliphatic hydroxyl groups is 3. The number of ketones is 2. The highest BCUT2D eigenvalue weighted by Gasteiger charge is 2.75. The van der Waals surface area contributed by atoms with E-state index >= 15 is 4.39 Å². The molecule has 3 N–H and O–H groups in total. The van der Waals surface area contributed by atoms with Gasteiger partial charge in [-0.25, -0.2) is 4.39 Å². The van der Waals surface area contributed by atoms with Crippen molar-refractivity contribution in [2.24, 2.45) is 28.6 Å². The molecule has 0 aromatic carbocycles. The molecule has 0 saturated heterocycles.